The van der Waals surface area contributed by atoms with Crippen LogP contribution in [0.3, 0.4) is 0 Å². The smallest absolute Gasteiger partial charge is 0.306 e. The van der Waals surface area contributed by atoms with Gasteiger partial charge in [-0.05, 0) is 19.4 Å². The molecule has 0 aliphatic heterocycles. The fourth-order valence-corrected chi connectivity index (χ4v) is 2.43. The second-order valence-corrected chi connectivity index (χ2v) is 5.27. The van der Waals surface area contributed by atoms with Crippen molar-refractivity contribution in [1.82, 2.24) is 9.97 Å². The predicted molar refractivity (Wildman–Crippen MR) is 68.1 cm³/mol. The van der Waals surface area contributed by atoms with Gasteiger partial charge in [0.1, 0.15) is 10.9 Å². The van der Waals surface area contributed by atoms with Crippen LogP contribution >= 0.6 is 11.8 Å². The summed E-state index contributed by atoms with van der Waals surface area (Å²) in [4.78, 5) is 19.8. The van der Waals surface area contributed by atoms with Gasteiger partial charge in [0.25, 0.3) is 0 Å². The second kappa shape index (κ2) is 6.59. The van der Waals surface area contributed by atoms with Gasteiger partial charge in [0.2, 0.25) is 0 Å². The van der Waals surface area contributed by atoms with E-state index in [1.807, 2.05) is 19.9 Å². The molecule has 0 radical (unpaired) electrons. The average Bonchev–Trinajstić information content (AvgIpc) is 2.27. The van der Waals surface area contributed by atoms with Gasteiger partial charge in [-0.1, -0.05) is 13.8 Å². The Morgan fingerprint density at radius 2 is 2.24 bits per heavy atom. The number of carbonyl (C=O) groups excluding carboxylic acids is 1. The highest BCUT2D eigenvalue weighted by atomic mass is 32.2. The van der Waals surface area contributed by atoms with E-state index in [1.165, 1.54) is 7.11 Å². The van der Waals surface area contributed by atoms with E-state index in [-0.39, 0.29) is 11.2 Å². The number of aromatic nitrogens is 2. The van der Waals surface area contributed by atoms with Gasteiger partial charge in [-0.15, -0.1) is 11.8 Å². The molecule has 5 heteroatoms. The van der Waals surface area contributed by atoms with E-state index in [2.05, 4.69) is 21.6 Å². The molecule has 0 bridgehead atoms. The van der Waals surface area contributed by atoms with E-state index in [4.69, 9.17) is 0 Å². The first-order chi connectivity index (χ1) is 8.05. The lowest BCUT2D eigenvalue weighted by Crippen LogP contribution is -2.09. The molecule has 1 heterocycles. The van der Waals surface area contributed by atoms with Crippen molar-refractivity contribution in [2.75, 3.05) is 7.11 Å². The molecule has 4 nitrogen and oxygen atoms in total. The summed E-state index contributed by atoms with van der Waals surface area (Å²) in [5.41, 5.74) is 1.03. The van der Waals surface area contributed by atoms with Crippen LogP contribution in [0.2, 0.25) is 0 Å². The minimum Gasteiger partial charge on any atom is -0.469 e. The van der Waals surface area contributed by atoms with Crippen molar-refractivity contribution in [2.45, 2.75) is 43.9 Å². The summed E-state index contributed by atoms with van der Waals surface area (Å²) in [7, 11) is 1.41. The van der Waals surface area contributed by atoms with Gasteiger partial charge in [-0.2, -0.15) is 0 Å². The van der Waals surface area contributed by atoms with Crippen LogP contribution in [0.4, 0.5) is 0 Å². The highest BCUT2D eigenvalue weighted by Crippen LogP contribution is 2.24. The van der Waals surface area contributed by atoms with E-state index < -0.39 is 0 Å². The quantitative estimate of drug-likeness (QED) is 0.459. The summed E-state index contributed by atoms with van der Waals surface area (Å²) in [6, 6.07) is 1.98. The summed E-state index contributed by atoms with van der Waals surface area (Å²) in [5, 5.41) is 1.08. The van der Waals surface area contributed by atoms with Crippen molar-refractivity contribution in [3.8, 4) is 0 Å². The Morgan fingerprint density at radius 1 is 1.53 bits per heavy atom. The molecule has 1 unspecified atom stereocenters. The molecule has 0 aliphatic rings. The summed E-state index contributed by atoms with van der Waals surface area (Å²) in [6.07, 6.45) is 1.29. The standard InChI is InChI=1S/C12H18N2O2S/c1-5-10-7-11(14-9(3)13-10)17-8(2)6-12(15)16-4/h7-8H,5-6H2,1-4H3. The highest BCUT2D eigenvalue weighted by molar-refractivity contribution is 7.99. The van der Waals surface area contributed by atoms with Crippen molar-refractivity contribution in [2.24, 2.45) is 0 Å². The maximum absolute atomic E-state index is 11.1. The van der Waals surface area contributed by atoms with Crippen LogP contribution < -0.4 is 0 Å². The molecular weight excluding hydrogens is 236 g/mol. The van der Waals surface area contributed by atoms with Gasteiger partial charge in [-0.25, -0.2) is 9.97 Å². The topological polar surface area (TPSA) is 52.1 Å². The number of hydrogen-bond donors (Lipinski definition) is 0. The first kappa shape index (κ1) is 14.0. The average molecular weight is 254 g/mol. The van der Waals surface area contributed by atoms with Gasteiger partial charge < -0.3 is 4.74 Å². The number of aryl methyl sites for hydroxylation is 2. The molecule has 17 heavy (non-hydrogen) atoms. The van der Waals surface area contributed by atoms with E-state index in [0.717, 1.165) is 23.0 Å². The Hall–Kier alpha value is -1.10. The lowest BCUT2D eigenvalue weighted by Gasteiger charge is -2.10. The van der Waals surface area contributed by atoms with Gasteiger partial charge in [-0.3, -0.25) is 4.79 Å². The number of nitrogens with zero attached hydrogens (tertiary/aromatic N) is 2. The monoisotopic (exact) mass is 254 g/mol. The Balaban J connectivity index is 2.67. The molecule has 1 aromatic rings. The van der Waals surface area contributed by atoms with Crippen molar-refractivity contribution < 1.29 is 9.53 Å². The van der Waals surface area contributed by atoms with Crippen molar-refractivity contribution in [3.63, 3.8) is 0 Å². The number of hydrogen-bond acceptors (Lipinski definition) is 5. The third kappa shape index (κ3) is 4.73. The number of ether oxygens (including phenoxy) is 1. The number of methoxy groups -OCH3 is 1. The minimum absolute atomic E-state index is 0.154. The predicted octanol–water partition coefficient (Wildman–Crippen LogP) is 2.39. The Bertz CT molecular complexity index is 396. The largest absolute Gasteiger partial charge is 0.469 e. The summed E-state index contributed by atoms with van der Waals surface area (Å²) >= 11 is 1.58. The number of thioether (sulfide) groups is 1. The van der Waals surface area contributed by atoms with Crippen LogP contribution in [-0.4, -0.2) is 28.3 Å². The maximum Gasteiger partial charge on any atom is 0.306 e. The molecule has 94 valence electrons. The van der Waals surface area contributed by atoms with Crippen LogP contribution in [0.25, 0.3) is 0 Å². The molecule has 0 spiro atoms. The first-order valence-corrected chi connectivity index (χ1v) is 6.51. The van der Waals surface area contributed by atoms with E-state index in [1.54, 1.807) is 11.8 Å². The molecule has 0 saturated heterocycles. The summed E-state index contributed by atoms with van der Waals surface area (Å²) < 4.78 is 4.64. The van der Waals surface area contributed by atoms with Gasteiger partial charge >= 0.3 is 5.97 Å². The summed E-state index contributed by atoms with van der Waals surface area (Å²) in [6.45, 7) is 5.94. The van der Waals surface area contributed by atoms with Crippen LogP contribution in [0.1, 0.15) is 31.8 Å². The molecule has 1 aromatic heterocycles. The Kier molecular flexibility index (Phi) is 5.41. The van der Waals surface area contributed by atoms with E-state index in [0.29, 0.717) is 6.42 Å². The van der Waals surface area contributed by atoms with Gasteiger partial charge in [0.15, 0.2) is 0 Å². The number of carbonyl (C=O) groups is 1. The first-order valence-electron chi connectivity index (χ1n) is 5.63. The van der Waals surface area contributed by atoms with Crippen molar-refractivity contribution >= 4 is 17.7 Å². The minimum atomic E-state index is -0.188. The maximum atomic E-state index is 11.1. The zero-order valence-electron chi connectivity index (χ0n) is 10.7. The fourth-order valence-electron chi connectivity index (χ4n) is 1.41. The number of esters is 1. The Morgan fingerprint density at radius 3 is 2.82 bits per heavy atom. The third-order valence-corrected chi connectivity index (χ3v) is 3.25. The van der Waals surface area contributed by atoms with Crippen LogP contribution in [0, 0.1) is 6.92 Å². The molecule has 1 atom stereocenters. The van der Waals surface area contributed by atoms with Crippen molar-refractivity contribution in [3.05, 3.63) is 17.6 Å². The van der Waals surface area contributed by atoms with Crippen molar-refractivity contribution in [1.29, 1.82) is 0 Å². The molecule has 0 aliphatic carbocycles. The van der Waals surface area contributed by atoms with Gasteiger partial charge in [0.05, 0.1) is 13.5 Å². The zero-order chi connectivity index (χ0) is 12.8. The molecule has 0 N–H and O–H groups in total. The Labute approximate surface area is 106 Å². The second-order valence-electron chi connectivity index (χ2n) is 3.81. The molecule has 1 rings (SSSR count). The normalized spacial score (nSPS) is 12.2. The lowest BCUT2D eigenvalue weighted by atomic mass is 10.3. The van der Waals surface area contributed by atoms with E-state index in [9.17, 15) is 4.79 Å². The molecule has 0 aromatic carbocycles. The molecule has 0 amide bonds. The van der Waals surface area contributed by atoms with Crippen LogP contribution in [-0.2, 0) is 16.0 Å². The molecule has 0 fully saturated rings. The molecular formula is C12H18N2O2S. The fraction of sp³-hybridized carbons (Fsp3) is 0.583. The van der Waals surface area contributed by atoms with Gasteiger partial charge in [0, 0.05) is 10.9 Å². The molecule has 0 saturated carbocycles. The van der Waals surface area contributed by atoms with Crippen LogP contribution in [0.15, 0.2) is 11.1 Å². The number of rotatable bonds is 5. The summed E-state index contributed by atoms with van der Waals surface area (Å²) in [5.74, 6) is 0.587. The zero-order valence-corrected chi connectivity index (χ0v) is 11.5. The SMILES string of the molecule is CCc1cc(SC(C)CC(=O)OC)nc(C)n1. The lowest BCUT2D eigenvalue weighted by molar-refractivity contribution is -0.140. The van der Waals surface area contributed by atoms with Crippen LogP contribution in [0.5, 0.6) is 0 Å². The van der Waals surface area contributed by atoms with E-state index >= 15 is 0 Å². The third-order valence-electron chi connectivity index (χ3n) is 2.23. The highest BCUT2D eigenvalue weighted by Gasteiger charge is 2.12.